The van der Waals surface area contributed by atoms with E-state index in [1.54, 1.807) is 0 Å². The standard InChI is InChI=1S/C60H38N8/c1-5-17-39(18-6-1)40-29-31-44(32-30-40)56-61-55(41-19-7-2-8-20-41)62-57(63-56)45-33-35-46(36-34-45)67-51-28-16-14-26-49(51)53-52(67)38-37-48-47-25-13-15-27-50(47)68(54(48)53)60-65-58(42-21-9-3-10-22-42)64-59(66-60)43-23-11-4-12-24-43/h1-38H. The molecule has 0 bridgehead atoms. The minimum atomic E-state index is 0.552. The summed E-state index contributed by atoms with van der Waals surface area (Å²) in [4.78, 5) is 30.7. The number of hydrogen-bond acceptors (Lipinski definition) is 6. The Labute approximate surface area is 391 Å². The van der Waals surface area contributed by atoms with Crippen molar-refractivity contribution in [3.05, 3.63) is 231 Å². The highest BCUT2D eigenvalue weighted by Crippen LogP contribution is 2.42. The van der Waals surface area contributed by atoms with E-state index in [9.17, 15) is 0 Å². The van der Waals surface area contributed by atoms with Gasteiger partial charge in [-0.2, -0.15) is 9.97 Å². The van der Waals surface area contributed by atoms with Gasteiger partial charge >= 0.3 is 0 Å². The van der Waals surface area contributed by atoms with Crippen molar-refractivity contribution in [1.82, 2.24) is 39.0 Å². The lowest BCUT2D eigenvalue weighted by molar-refractivity contribution is 0.955. The fourth-order valence-electron chi connectivity index (χ4n) is 9.44. The number of benzene rings is 9. The van der Waals surface area contributed by atoms with Crippen molar-refractivity contribution in [2.75, 3.05) is 0 Å². The van der Waals surface area contributed by atoms with Gasteiger partial charge in [0.05, 0.1) is 22.1 Å². The van der Waals surface area contributed by atoms with Crippen molar-refractivity contribution in [1.29, 1.82) is 0 Å². The summed E-state index contributed by atoms with van der Waals surface area (Å²) in [5, 5.41) is 4.46. The Bertz CT molecular complexity index is 3920. The number of rotatable bonds is 8. The first kappa shape index (κ1) is 39.0. The minimum Gasteiger partial charge on any atom is -0.309 e. The van der Waals surface area contributed by atoms with Crippen LogP contribution in [0.3, 0.4) is 0 Å². The van der Waals surface area contributed by atoms with Crippen molar-refractivity contribution in [2.24, 2.45) is 0 Å². The van der Waals surface area contributed by atoms with Gasteiger partial charge in [-0.1, -0.05) is 188 Å². The zero-order valence-corrected chi connectivity index (χ0v) is 36.5. The summed E-state index contributed by atoms with van der Waals surface area (Å²) < 4.78 is 4.57. The van der Waals surface area contributed by atoms with Crippen LogP contribution in [-0.2, 0) is 0 Å². The molecule has 0 N–H and O–H groups in total. The first-order chi connectivity index (χ1) is 33.7. The van der Waals surface area contributed by atoms with Crippen LogP contribution in [0.15, 0.2) is 231 Å². The Morgan fingerprint density at radius 2 is 0.603 bits per heavy atom. The van der Waals surface area contributed by atoms with Crippen molar-refractivity contribution in [3.63, 3.8) is 0 Å². The van der Waals surface area contributed by atoms with Crippen LogP contribution in [0.2, 0.25) is 0 Å². The van der Waals surface area contributed by atoms with Crippen molar-refractivity contribution in [3.8, 4) is 79.7 Å². The van der Waals surface area contributed by atoms with Crippen LogP contribution in [0.25, 0.3) is 123 Å². The van der Waals surface area contributed by atoms with E-state index < -0.39 is 0 Å². The summed E-state index contributed by atoms with van der Waals surface area (Å²) in [5.74, 6) is 3.60. The molecule has 318 valence electrons. The van der Waals surface area contributed by atoms with Crippen LogP contribution in [0, 0.1) is 0 Å². The summed E-state index contributed by atoms with van der Waals surface area (Å²) in [6, 6.07) is 79.3. The van der Waals surface area contributed by atoms with E-state index in [-0.39, 0.29) is 0 Å². The Morgan fingerprint density at radius 1 is 0.235 bits per heavy atom. The third-order valence-corrected chi connectivity index (χ3v) is 12.7. The normalized spacial score (nSPS) is 11.5. The van der Waals surface area contributed by atoms with Crippen LogP contribution >= 0.6 is 0 Å². The molecule has 13 rings (SSSR count). The molecule has 8 nitrogen and oxygen atoms in total. The van der Waals surface area contributed by atoms with Crippen LogP contribution in [-0.4, -0.2) is 39.0 Å². The number of nitrogens with zero attached hydrogens (tertiary/aromatic N) is 8. The maximum Gasteiger partial charge on any atom is 0.238 e. The SMILES string of the molecule is c1ccc(-c2ccc(-c3nc(-c4ccccc4)nc(-c4ccc(-n5c6ccccc6c6c5ccc5c7ccccc7n(-c7nc(-c8ccccc8)nc(-c8ccccc8)n7)c56)cc4)n3)cc2)cc1. The smallest absolute Gasteiger partial charge is 0.238 e. The summed E-state index contributed by atoms with van der Waals surface area (Å²) in [6.07, 6.45) is 0. The maximum atomic E-state index is 5.25. The van der Waals surface area contributed by atoms with Crippen LogP contribution < -0.4 is 0 Å². The molecule has 0 fully saturated rings. The van der Waals surface area contributed by atoms with Gasteiger partial charge in [-0.3, -0.25) is 4.57 Å². The summed E-state index contributed by atoms with van der Waals surface area (Å²) in [7, 11) is 0. The van der Waals surface area contributed by atoms with Gasteiger partial charge in [0.1, 0.15) is 0 Å². The molecule has 0 unspecified atom stereocenters. The van der Waals surface area contributed by atoms with E-state index in [1.807, 2.05) is 97.1 Å². The second kappa shape index (κ2) is 16.2. The number of hydrogen-bond donors (Lipinski definition) is 0. The lowest BCUT2D eigenvalue weighted by Gasteiger charge is -2.12. The molecule has 8 heteroatoms. The molecule has 0 aliphatic heterocycles. The Balaban J connectivity index is 0.978. The highest BCUT2D eigenvalue weighted by atomic mass is 15.2. The van der Waals surface area contributed by atoms with Crippen LogP contribution in [0.5, 0.6) is 0 Å². The van der Waals surface area contributed by atoms with Crippen LogP contribution in [0.4, 0.5) is 0 Å². The van der Waals surface area contributed by atoms with Gasteiger partial charge < -0.3 is 4.57 Å². The number of fused-ring (bicyclic) bond motifs is 7. The molecule has 0 aliphatic rings. The second-order valence-corrected chi connectivity index (χ2v) is 16.7. The third-order valence-electron chi connectivity index (χ3n) is 12.7. The second-order valence-electron chi connectivity index (χ2n) is 16.7. The summed E-state index contributed by atoms with van der Waals surface area (Å²) >= 11 is 0. The van der Waals surface area contributed by atoms with E-state index in [1.165, 1.54) is 0 Å². The van der Waals surface area contributed by atoms with Gasteiger partial charge in [0.15, 0.2) is 29.1 Å². The number of aromatic nitrogens is 8. The molecule has 0 amide bonds. The predicted molar refractivity (Wildman–Crippen MR) is 275 cm³/mol. The highest BCUT2D eigenvalue weighted by Gasteiger charge is 2.23. The Morgan fingerprint density at radius 3 is 1.12 bits per heavy atom. The van der Waals surface area contributed by atoms with Gasteiger partial charge in [0, 0.05) is 55.0 Å². The Kier molecular flexibility index (Phi) is 9.31. The number of para-hydroxylation sites is 2. The van der Waals surface area contributed by atoms with Gasteiger partial charge in [-0.05, 0) is 53.6 Å². The molecule has 0 aliphatic carbocycles. The van der Waals surface area contributed by atoms with E-state index >= 15 is 0 Å². The molecule has 0 spiro atoms. The summed E-state index contributed by atoms with van der Waals surface area (Å²) in [6.45, 7) is 0. The average Bonchev–Trinajstić information content (AvgIpc) is 3.95. The van der Waals surface area contributed by atoms with E-state index in [0.717, 1.165) is 88.2 Å². The highest BCUT2D eigenvalue weighted by molar-refractivity contribution is 6.26. The van der Waals surface area contributed by atoms with Crippen molar-refractivity contribution in [2.45, 2.75) is 0 Å². The van der Waals surface area contributed by atoms with Crippen LogP contribution in [0.1, 0.15) is 0 Å². The molecule has 4 aromatic heterocycles. The average molecular weight is 871 g/mol. The predicted octanol–water partition coefficient (Wildman–Crippen LogP) is 14.3. The van der Waals surface area contributed by atoms with Gasteiger partial charge in [0.2, 0.25) is 5.95 Å². The zero-order chi connectivity index (χ0) is 45.0. The molecular formula is C60H38N8. The molecule has 4 heterocycles. The summed E-state index contributed by atoms with van der Waals surface area (Å²) in [5.41, 5.74) is 12.1. The molecule has 0 saturated carbocycles. The molecule has 0 atom stereocenters. The van der Waals surface area contributed by atoms with Gasteiger partial charge in [-0.15, -0.1) is 0 Å². The molecule has 0 radical (unpaired) electrons. The van der Waals surface area contributed by atoms with Crippen molar-refractivity contribution < 1.29 is 0 Å². The van der Waals surface area contributed by atoms with Crippen molar-refractivity contribution >= 4 is 43.6 Å². The van der Waals surface area contributed by atoms with Gasteiger partial charge in [-0.25, -0.2) is 19.9 Å². The fourth-order valence-corrected chi connectivity index (χ4v) is 9.44. The lowest BCUT2D eigenvalue weighted by Crippen LogP contribution is -2.06. The third kappa shape index (κ3) is 6.70. The molecule has 0 saturated heterocycles. The zero-order valence-electron chi connectivity index (χ0n) is 36.5. The molecule has 13 aromatic rings. The van der Waals surface area contributed by atoms with Gasteiger partial charge in [0.25, 0.3) is 0 Å². The van der Waals surface area contributed by atoms with E-state index in [2.05, 4.69) is 143 Å². The lowest BCUT2D eigenvalue weighted by atomic mass is 10.0. The topological polar surface area (TPSA) is 87.2 Å². The quantitative estimate of drug-likeness (QED) is 0.151. The first-order valence-corrected chi connectivity index (χ1v) is 22.6. The molecule has 9 aromatic carbocycles. The van der Waals surface area contributed by atoms with E-state index in [0.29, 0.717) is 35.1 Å². The fraction of sp³-hybridized carbons (Fsp3) is 0. The van der Waals surface area contributed by atoms with E-state index in [4.69, 9.17) is 29.9 Å². The largest absolute Gasteiger partial charge is 0.309 e. The minimum absolute atomic E-state index is 0.552. The molecule has 68 heavy (non-hydrogen) atoms. The molecular weight excluding hydrogens is 833 g/mol. The monoisotopic (exact) mass is 870 g/mol. The Hall–Kier alpha value is -9.40. The first-order valence-electron chi connectivity index (χ1n) is 22.6. The maximum absolute atomic E-state index is 5.25.